The van der Waals surface area contributed by atoms with Crippen molar-refractivity contribution in [2.45, 2.75) is 19.5 Å². The van der Waals surface area contributed by atoms with Crippen LogP contribution in [0.15, 0.2) is 30.4 Å². The molecule has 4 aliphatic carbocycles. The van der Waals surface area contributed by atoms with Gasteiger partial charge in [-0.05, 0) is 54.7 Å². The van der Waals surface area contributed by atoms with E-state index in [1.165, 1.54) is 25.1 Å². The second-order valence-electron chi connectivity index (χ2n) is 8.52. The van der Waals surface area contributed by atoms with Gasteiger partial charge in [-0.25, -0.2) is 0 Å². The molecule has 2 saturated carbocycles. The maximum absolute atomic E-state index is 13.3. The average Bonchev–Trinajstić information content (AvgIpc) is 3.47. The molecule has 158 valence electrons. The van der Waals surface area contributed by atoms with Gasteiger partial charge >= 0.3 is 12.1 Å². The van der Waals surface area contributed by atoms with Crippen molar-refractivity contribution >= 4 is 35.0 Å². The van der Waals surface area contributed by atoms with E-state index < -0.39 is 42.4 Å². The number of hydrogen-bond donors (Lipinski definition) is 0. The number of imide groups is 1. The number of carbonyl (C=O) groups is 3. The molecule has 5 nitrogen and oxygen atoms in total. The Hall–Kier alpha value is -2.35. The Kier molecular flexibility index (Phi) is 4.13. The summed E-state index contributed by atoms with van der Waals surface area (Å²) in [5.74, 6) is -3.56. The summed E-state index contributed by atoms with van der Waals surface area (Å²) in [6, 6.07) is 4.24. The molecule has 1 heterocycles. The first kappa shape index (κ1) is 19.6. The summed E-state index contributed by atoms with van der Waals surface area (Å²) in [6.45, 7) is 0.707. The van der Waals surface area contributed by atoms with E-state index in [0.29, 0.717) is 16.7 Å². The number of amides is 3. The number of alkyl halides is 3. The maximum Gasteiger partial charge on any atom is 0.471 e. The van der Waals surface area contributed by atoms with Crippen molar-refractivity contribution in [3.8, 4) is 0 Å². The molecule has 30 heavy (non-hydrogen) atoms. The van der Waals surface area contributed by atoms with Crippen LogP contribution in [0.25, 0.3) is 0 Å². The molecule has 0 aromatic heterocycles. The minimum Gasteiger partial charge on any atom is -0.285 e. The Morgan fingerprint density at radius 2 is 1.70 bits per heavy atom. The average molecular weight is 439 g/mol. The summed E-state index contributed by atoms with van der Waals surface area (Å²) in [6.07, 6.45) is -0.227. The Bertz CT molecular complexity index is 972. The molecule has 9 heteroatoms. The van der Waals surface area contributed by atoms with Crippen molar-refractivity contribution in [2.75, 3.05) is 11.6 Å². The topological polar surface area (TPSA) is 57.7 Å². The van der Waals surface area contributed by atoms with Crippen LogP contribution in [0, 0.1) is 42.4 Å². The molecule has 6 atom stereocenters. The van der Waals surface area contributed by atoms with Gasteiger partial charge in [-0.2, -0.15) is 13.2 Å². The Labute approximate surface area is 175 Å². The van der Waals surface area contributed by atoms with Crippen molar-refractivity contribution in [3.05, 3.63) is 40.9 Å². The number of anilines is 1. The maximum atomic E-state index is 13.3. The highest BCUT2D eigenvalue weighted by atomic mass is 35.5. The molecule has 0 unspecified atom stereocenters. The van der Waals surface area contributed by atoms with Crippen LogP contribution in [0.4, 0.5) is 18.9 Å². The summed E-state index contributed by atoms with van der Waals surface area (Å²) in [7, 11) is 0. The van der Waals surface area contributed by atoms with Crippen LogP contribution in [0.2, 0.25) is 5.02 Å². The molecular weight excluding hydrogens is 421 g/mol. The molecule has 0 N–H and O–H groups in total. The molecule has 1 saturated heterocycles. The summed E-state index contributed by atoms with van der Waals surface area (Å²) >= 11 is 6.04. The highest BCUT2D eigenvalue weighted by molar-refractivity contribution is 6.31. The fourth-order valence-corrected chi connectivity index (χ4v) is 5.76. The number of allylic oxidation sites excluding steroid dienone is 2. The lowest BCUT2D eigenvalue weighted by atomic mass is 9.63. The lowest BCUT2D eigenvalue weighted by Gasteiger charge is -2.37. The van der Waals surface area contributed by atoms with Crippen LogP contribution >= 0.6 is 11.6 Å². The molecule has 6 rings (SSSR count). The number of likely N-dealkylation sites (tertiary alicyclic amines) is 1. The first-order valence-electron chi connectivity index (χ1n) is 9.78. The van der Waals surface area contributed by atoms with Crippen LogP contribution < -0.4 is 4.90 Å². The van der Waals surface area contributed by atoms with Crippen molar-refractivity contribution in [3.63, 3.8) is 0 Å². The van der Waals surface area contributed by atoms with Gasteiger partial charge in [-0.15, -0.1) is 0 Å². The van der Waals surface area contributed by atoms with Crippen LogP contribution in [0.3, 0.4) is 0 Å². The van der Waals surface area contributed by atoms with Crippen LogP contribution in [0.1, 0.15) is 12.0 Å². The molecule has 5 aliphatic rings. The van der Waals surface area contributed by atoms with Gasteiger partial charge in [0.25, 0.3) is 0 Å². The fraction of sp³-hybridized carbons (Fsp3) is 0.476. The Morgan fingerprint density at radius 3 is 2.23 bits per heavy atom. The summed E-state index contributed by atoms with van der Waals surface area (Å²) in [4.78, 5) is 39.7. The molecule has 1 aromatic carbocycles. The summed E-state index contributed by atoms with van der Waals surface area (Å²) < 4.78 is 40.0. The van der Waals surface area contributed by atoms with Gasteiger partial charge in [-0.1, -0.05) is 29.8 Å². The number of hydrogen-bond acceptors (Lipinski definition) is 3. The van der Waals surface area contributed by atoms with Gasteiger partial charge in [0.05, 0.1) is 17.5 Å². The molecular formula is C21H18ClF3N2O3. The second kappa shape index (κ2) is 6.33. The molecule has 3 amide bonds. The predicted molar refractivity (Wildman–Crippen MR) is 101 cm³/mol. The lowest BCUT2D eigenvalue weighted by molar-refractivity contribution is -0.171. The van der Waals surface area contributed by atoms with Gasteiger partial charge in [-0.3, -0.25) is 24.2 Å². The van der Waals surface area contributed by atoms with Crippen molar-refractivity contribution in [1.82, 2.24) is 4.90 Å². The third-order valence-corrected chi connectivity index (χ3v) is 7.46. The van der Waals surface area contributed by atoms with Crippen LogP contribution in [-0.2, 0) is 14.4 Å². The monoisotopic (exact) mass is 438 g/mol. The lowest BCUT2D eigenvalue weighted by Crippen LogP contribution is -2.49. The van der Waals surface area contributed by atoms with Crippen molar-refractivity contribution in [2.24, 2.45) is 35.5 Å². The molecule has 0 radical (unpaired) electrons. The smallest absolute Gasteiger partial charge is 0.285 e. The second-order valence-corrected chi connectivity index (χ2v) is 8.92. The third kappa shape index (κ3) is 2.65. The molecule has 1 aliphatic heterocycles. The van der Waals surface area contributed by atoms with Crippen molar-refractivity contribution in [1.29, 1.82) is 0 Å². The molecule has 0 spiro atoms. The number of nitrogens with zero attached hydrogens (tertiary/aromatic N) is 2. The predicted octanol–water partition coefficient (Wildman–Crippen LogP) is 3.55. The van der Waals surface area contributed by atoms with Gasteiger partial charge in [0.2, 0.25) is 11.8 Å². The van der Waals surface area contributed by atoms with E-state index in [1.807, 2.05) is 12.2 Å². The minimum atomic E-state index is -5.17. The number of carbonyl (C=O) groups excluding carboxylic acids is 3. The minimum absolute atomic E-state index is 0.0499. The SMILES string of the molecule is Cc1c(Cl)cccc1N(CN1C(=O)[C@@H]2[C@H]3C=C[C@@H]([C@@H]4C[C@H]34)[C@H]2C1=O)C(=O)C(F)(F)F. The van der Waals surface area contributed by atoms with Gasteiger partial charge in [0.15, 0.2) is 0 Å². The van der Waals surface area contributed by atoms with E-state index in [2.05, 4.69) is 0 Å². The molecule has 3 fully saturated rings. The van der Waals surface area contributed by atoms with E-state index in [4.69, 9.17) is 11.6 Å². The highest BCUT2D eigenvalue weighted by Gasteiger charge is 2.67. The van der Waals surface area contributed by atoms with Crippen molar-refractivity contribution < 1.29 is 27.6 Å². The zero-order valence-corrected chi connectivity index (χ0v) is 16.7. The first-order valence-corrected chi connectivity index (χ1v) is 10.2. The number of rotatable bonds is 3. The van der Waals surface area contributed by atoms with Gasteiger partial charge in [0.1, 0.15) is 6.67 Å². The Morgan fingerprint density at radius 1 is 1.13 bits per heavy atom. The zero-order chi connectivity index (χ0) is 21.5. The highest BCUT2D eigenvalue weighted by Crippen LogP contribution is 2.65. The van der Waals surface area contributed by atoms with E-state index in [-0.39, 0.29) is 28.1 Å². The zero-order valence-electron chi connectivity index (χ0n) is 15.9. The number of halogens is 4. The third-order valence-electron chi connectivity index (χ3n) is 7.05. The normalized spacial score (nSPS) is 33.6. The molecule has 1 aromatic rings. The Balaban J connectivity index is 1.50. The first-order chi connectivity index (χ1) is 14.1. The molecule has 2 bridgehead atoms. The van der Waals surface area contributed by atoms with E-state index in [9.17, 15) is 27.6 Å². The van der Waals surface area contributed by atoms with E-state index in [0.717, 1.165) is 11.3 Å². The van der Waals surface area contributed by atoms with Gasteiger partial charge in [0, 0.05) is 5.02 Å². The quantitative estimate of drug-likeness (QED) is 0.535. The largest absolute Gasteiger partial charge is 0.471 e. The standard InChI is InChI=1S/C21H18ClF3N2O3/c1-9-14(22)3-2-4-15(9)26(20(30)21(23,24)25)8-27-18(28)16-10-5-6-11(13-7-12(10)13)17(16)19(27)29/h2-6,10-13,16-17H,7-8H2,1H3/t10-,11-,12-,13+,16+,17+/m0/s1. The fourth-order valence-electron chi connectivity index (χ4n) is 5.59. The van der Waals surface area contributed by atoms with Crippen LogP contribution in [0.5, 0.6) is 0 Å². The van der Waals surface area contributed by atoms with E-state index >= 15 is 0 Å². The van der Waals surface area contributed by atoms with Crippen LogP contribution in [-0.4, -0.2) is 35.5 Å². The summed E-state index contributed by atoms with van der Waals surface area (Å²) in [5, 5.41) is 0.183. The number of benzene rings is 1. The summed E-state index contributed by atoms with van der Waals surface area (Å²) in [5.41, 5.74) is 0.181. The van der Waals surface area contributed by atoms with E-state index in [1.54, 1.807) is 0 Å². The van der Waals surface area contributed by atoms with Gasteiger partial charge < -0.3 is 0 Å².